The van der Waals surface area contributed by atoms with Crippen LogP contribution in [0.1, 0.15) is 24.6 Å². The van der Waals surface area contributed by atoms with Crippen LogP contribution in [0.2, 0.25) is 0 Å². The summed E-state index contributed by atoms with van der Waals surface area (Å²) >= 11 is 1.53. The number of carbonyl (C=O) groups excluding carboxylic acids is 1. The lowest BCUT2D eigenvalue weighted by Gasteiger charge is -2.07. The van der Waals surface area contributed by atoms with E-state index < -0.39 is 0 Å². The van der Waals surface area contributed by atoms with Crippen molar-refractivity contribution < 1.29 is 4.79 Å². The fourth-order valence-electron chi connectivity index (χ4n) is 2.82. The Kier molecular flexibility index (Phi) is 5.28. The highest BCUT2D eigenvalue weighted by Gasteiger charge is 2.16. The molecule has 1 N–H and O–H groups in total. The zero-order valence-electron chi connectivity index (χ0n) is 14.4. The molecule has 0 aliphatic rings. The van der Waals surface area contributed by atoms with Crippen LogP contribution in [0.3, 0.4) is 0 Å². The molecule has 0 aliphatic heterocycles. The number of thiophene rings is 1. The van der Waals surface area contributed by atoms with Crippen LogP contribution >= 0.6 is 11.3 Å². The van der Waals surface area contributed by atoms with E-state index in [1.54, 1.807) is 6.33 Å². The molecule has 130 valence electrons. The molecule has 1 amide bonds. The average Bonchev–Trinajstić information content (AvgIpc) is 2.97. The van der Waals surface area contributed by atoms with Gasteiger partial charge in [-0.3, -0.25) is 14.2 Å². The lowest BCUT2D eigenvalue weighted by Crippen LogP contribution is -2.28. The number of fused-ring (bicyclic) bond motifs is 1. The van der Waals surface area contributed by atoms with Crippen molar-refractivity contribution >= 4 is 27.5 Å². The van der Waals surface area contributed by atoms with E-state index >= 15 is 0 Å². The molecule has 2 heterocycles. The second-order valence-corrected chi connectivity index (χ2v) is 7.13. The van der Waals surface area contributed by atoms with Crippen LogP contribution in [0.15, 0.2) is 41.5 Å². The third kappa shape index (κ3) is 3.64. The molecule has 0 radical (unpaired) electrons. The van der Waals surface area contributed by atoms with Gasteiger partial charge in [0.2, 0.25) is 5.91 Å². The van der Waals surface area contributed by atoms with Crippen LogP contribution in [0, 0.1) is 6.92 Å². The maximum Gasteiger partial charge on any atom is 0.262 e. The maximum absolute atomic E-state index is 13.0. The number of aryl methyl sites for hydroxylation is 2. The molecule has 0 unspecified atom stereocenters. The molecule has 0 bridgehead atoms. The van der Waals surface area contributed by atoms with Crippen LogP contribution < -0.4 is 10.9 Å². The van der Waals surface area contributed by atoms with Gasteiger partial charge >= 0.3 is 0 Å². The molecule has 0 fully saturated rings. The number of carbonyl (C=O) groups is 1. The van der Waals surface area contributed by atoms with Crippen molar-refractivity contribution in [3.05, 3.63) is 51.9 Å². The molecule has 5 nitrogen and oxygen atoms in total. The Morgan fingerprint density at radius 3 is 2.76 bits per heavy atom. The summed E-state index contributed by atoms with van der Waals surface area (Å²) in [6, 6.07) is 9.89. The minimum atomic E-state index is -0.0866. The van der Waals surface area contributed by atoms with E-state index in [0.29, 0.717) is 18.5 Å². The van der Waals surface area contributed by atoms with E-state index in [1.807, 2.05) is 44.2 Å². The minimum absolute atomic E-state index is 0.0429. The maximum atomic E-state index is 13.0. The first-order valence-electron chi connectivity index (χ1n) is 8.42. The second-order valence-electron chi connectivity index (χ2n) is 5.92. The van der Waals surface area contributed by atoms with Crippen LogP contribution in [-0.4, -0.2) is 22.0 Å². The molecule has 2 aromatic heterocycles. The SMILES string of the molecule is CCCNC(=O)CCn1cnc2sc(C)c(-c3ccccc3)c2c1=O. The third-order valence-electron chi connectivity index (χ3n) is 4.07. The quantitative estimate of drug-likeness (QED) is 0.737. The summed E-state index contributed by atoms with van der Waals surface area (Å²) in [5, 5.41) is 3.47. The highest BCUT2D eigenvalue weighted by molar-refractivity contribution is 7.19. The fraction of sp³-hybridized carbons (Fsp3) is 0.316. The van der Waals surface area contributed by atoms with Crippen molar-refractivity contribution in [1.29, 1.82) is 0 Å². The van der Waals surface area contributed by atoms with Crippen molar-refractivity contribution in [2.75, 3.05) is 6.54 Å². The van der Waals surface area contributed by atoms with E-state index in [4.69, 9.17) is 0 Å². The van der Waals surface area contributed by atoms with Crippen molar-refractivity contribution in [2.24, 2.45) is 0 Å². The number of benzene rings is 1. The summed E-state index contributed by atoms with van der Waals surface area (Å²) in [4.78, 5) is 31.0. The van der Waals surface area contributed by atoms with Gasteiger partial charge in [0, 0.05) is 30.0 Å². The highest BCUT2D eigenvalue weighted by atomic mass is 32.1. The summed E-state index contributed by atoms with van der Waals surface area (Å²) in [5.41, 5.74) is 1.88. The first-order chi connectivity index (χ1) is 12.1. The van der Waals surface area contributed by atoms with Crippen LogP contribution in [0.5, 0.6) is 0 Å². The van der Waals surface area contributed by atoms with Crippen molar-refractivity contribution in [1.82, 2.24) is 14.9 Å². The number of hydrogen-bond acceptors (Lipinski definition) is 4. The second kappa shape index (κ2) is 7.61. The van der Waals surface area contributed by atoms with Gasteiger partial charge in [-0.25, -0.2) is 4.98 Å². The first-order valence-corrected chi connectivity index (χ1v) is 9.24. The first kappa shape index (κ1) is 17.4. The van der Waals surface area contributed by atoms with Gasteiger partial charge in [0.15, 0.2) is 0 Å². The Hall–Kier alpha value is -2.47. The molecular formula is C19H21N3O2S. The van der Waals surface area contributed by atoms with E-state index in [-0.39, 0.29) is 17.9 Å². The number of amides is 1. The van der Waals surface area contributed by atoms with E-state index in [2.05, 4.69) is 10.3 Å². The molecule has 3 aromatic rings. The summed E-state index contributed by atoms with van der Waals surface area (Å²) in [6.45, 7) is 5.01. The molecular weight excluding hydrogens is 334 g/mol. The predicted molar refractivity (Wildman–Crippen MR) is 102 cm³/mol. The molecule has 0 spiro atoms. The normalized spacial score (nSPS) is 11.0. The Morgan fingerprint density at radius 1 is 1.28 bits per heavy atom. The fourth-order valence-corrected chi connectivity index (χ4v) is 3.83. The van der Waals surface area contributed by atoms with Crippen LogP contribution in [-0.2, 0) is 11.3 Å². The van der Waals surface area contributed by atoms with Gasteiger partial charge in [0.1, 0.15) is 4.83 Å². The third-order valence-corrected chi connectivity index (χ3v) is 5.08. The van der Waals surface area contributed by atoms with Gasteiger partial charge in [0.25, 0.3) is 5.56 Å². The standard InChI is InChI=1S/C19H21N3O2S/c1-3-10-20-15(23)9-11-22-12-21-18-17(19(22)24)16(13(2)25-18)14-7-5-4-6-8-14/h4-8,12H,3,9-11H2,1-2H3,(H,20,23). The van der Waals surface area contributed by atoms with E-state index in [0.717, 1.165) is 27.3 Å². The predicted octanol–water partition coefficient (Wildman–Crippen LogP) is 3.35. The van der Waals surface area contributed by atoms with E-state index in [9.17, 15) is 9.59 Å². The minimum Gasteiger partial charge on any atom is -0.356 e. The van der Waals surface area contributed by atoms with E-state index in [1.165, 1.54) is 15.9 Å². The molecule has 0 saturated carbocycles. The molecule has 3 rings (SSSR count). The summed E-state index contributed by atoms with van der Waals surface area (Å²) in [7, 11) is 0. The zero-order valence-corrected chi connectivity index (χ0v) is 15.2. The van der Waals surface area contributed by atoms with Gasteiger partial charge in [0.05, 0.1) is 11.7 Å². The molecule has 0 aliphatic carbocycles. The Morgan fingerprint density at radius 2 is 2.04 bits per heavy atom. The molecule has 0 saturated heterocycles. The number of nitrogens with zero attached hydrogens (tertiary/aromatic N) is 2. The molecule has 1 aromatic carbocycles. The molecule has 6 heteroatoms. The Labute approximate surface area is 150 Å². The van der Waals surface area contributed by atoms with Crippen molar-refractivity contribution in [2.45, 2.75) is 33.2 Å². The number of rotatable bonds is 6. The lowest BCUT2D eigenvalue weighted by molar-refractivity contribution is -0.121. The van der Waals surface area contributed by atoms with Crippen LogP contribution in [0.4, 0.5) is 0 Å². The zero-order chi connectivity index (χ0) is 17.8. The smallest absolute Gasteiger partial charge is 0.262 e. The van der Waals surface area contributed by atoms with Gasteiger partial charge in [-0.15, -0.1) is 11.3 Å². The monoisotopic (exact) mass is 355 g/mol. The largest absolute Gasteiger partial charge is 0.356 e. The van der Waals surface area contributed by atoms with Gasteiger partial charge in [-0.2, -0.15) is 0 Å². The summed E-state index contributed by atoms with van der Waals surface area (Å²) < 4.78 is 1.53. The topological polar surface area (TPSA) is 64.0 Å². The Balaban J connectivity index is 1.97. The van der Waals surface area contributed by atoms with Gasteiger partial charge in [-0.05, 0) is 18.9 Å². The van der Waals surface area contributed by atoms with Crippen molar-refractivity contribution in [3.63, 3.8) is 0 Å². The summed E-state index contributed by atoms with van der Waals surface area (Å²) in [6.07, 6.45) is 2.72. The number of nitrogens with one attached hydrogen (secondary N) is 1. The molecule has 25 heavy (non-hydrogen) atoms. The number of aromatic nitrogens is 2. The van der Waals surface area contributed by atoms with Gasteiger partial charge in [-0.1, -0.05) is 37.3 Å². The lowest BCUT2D eigenvalue weighted by atomic mass is 10.0. The van der Waals surface area contributed by atoms with Crippen LogP contribution in [0.25, 0.3) is 21.3 Å². The summed E-state index contributed by atoms with van der Waals surface area (Å²) in [5.74, 6) is -0.0429. The molecule has 0 atom stereocenters. The average molecular weight is 355 g/mol. The highest BCUT2D eigenvalue weighted by Crippen LogP contribution is 2.35. The Bertz CT molecular complexity index is 944. The van der Waals surface area contributed by atoms with Crippen molar-refractivity contribution in [3.8, 4) is 11.1 Å². The van der Waals surface area contributed by atoms with Gasteiger partial charge < -0.3 is 5.32 Å². The number of hydrogen-bond donors (Lipinski definition) is 1.